The molecule has 6 heteroatoms. The molecule has 1 N–H and O–H groups in total. The summed E-state index contributed by atoms with van der Waals surface area (Å²) in [5, 5.41) is 2.88. The van der Waals surface area contributed by atoms with E-state index in [1.165, 1.54) is 0 Å². The Morgan fingerprint density at radius 1 is 1.23 bits per heavy atom. The second kappa shape index (κ2) is 6.51. The first kappa shape index (κ1) is 14.4. The van der Waals surface area contributed by atoms with Crippen molar-refractivity contribution >= 4 is 17.5 Å². The van der Waals surface area contributed by atoms with E-state index in [2.05, 4.69) is 25.2 Å². The molecule has 0 aromatic carbocycles. The maximum Gasteiger partial charge on any atom is 0.228 e. The Morgan fingerprint density at radius 3 is 2.73 bits per heavy atom. The summed E-state index contributed by atoms with van der Waals surface area (Å²) >= 11 is 0. The minimum absolute atomic E-state index is 0.0289. The zero-order valence-electron chi connectivity index (χ0n) is 12.6. The Kier molecular flexibility index (Phi) is 4.27. The topological polar surface area (TPSA) is 71.0 Å². The van der Waals surface area contributed by atoms with Crippen LogP contribution in [0.25, 0.3) is 0 Å². The molecule has 1 saturated heterocycles. The number of aryl methyl sites for hydroxylation is 1. The monoisotopic (exact) mass is 297 g/mol. The number of nitrogens with one attached hydrogen (secondary N) is 1. The number of nitrogens with zero attached hydrogens (tertiary/aromatic N) is 4. The van der Waals surface area contributed by atoms with Crippen molar-refractivity contribution in [3.05, 3.63) is 42.5 Å². The van der Waals surface area contributed by atoms with Gasteiger partial charge < -0.3 is 10.2 Å². The van der Waals surface area contributed by atoms with Crippen molar-refractivity contribution in [3.8, 4) is 0 Å². The van der Waals surface area contributed by atoms with Crippen LogP contribution < -0.4 is 10.2 Å². The van der Waals surface area contributed by atoms with Gasteiger partial charge in [0, 0.05) is 37.0 Å². The third-order valence-corrected chi connectivity index (χ3v) is 3.90. The molecule has 0 aliphatic carbocycles. The Balaban J connectivity index is 1.56. The van der Waals surface area contributed by atoms with Gasteiger partial charge >= 0.3 is 0 Å². The second-order valence-electron chi connectivity index (χ2n) is 5.48. The summed E-state index contributed by atoms with van der Waals surface area (Å²) in [6.07, 6.45) is 4.91. The number of anilines is 2. The summed E-state index contributed by atoms with van der Waals surface area (Å²) in [4.78, 5) is 27.0. The predicted octanol–water partition coefficient (Wildman–Crippen LogP) is 2.04. The Labute approximate surface area is 129 Å². The van der Waals surface area contributed by atoms with Gasteiger partial charge in [-0.15, -0.1) is 0 Å². The molecule has 22 heavy (non-hydrogen) atoms. The highest BCUT2D eigenvalue weighted by atomic mass is 16.1. The lowest BCUT2D eigenvalue weighted by atomic mass is 9.96. The summed E-state index contributed by atoms with van der Waals surface area (Å²) < 4.78 is 0. The molecular weight excluding hydrogens is 278 g/mol. The van der Waals surface area contributed by atoms with E-state index in [9.17, 15) is 4.79 Å². The van der Waals surface area contributed by atoms with Crippen molar-refractivity contribution < 1.29 is 4.79 Å². The van der Waals surface area contributed by atoms with Crippen LogP contribution in [0.2, 0.25) is 0 Å². The molecule has 0 spiro atoms. The van der Waals surface area contributed by atoms with Gasteiger partial charge in [0.2, 0.25) is 5.91 Å². The fraction of sp³-hybridized carbons (Fsp3) is 0.375. The van der Waals surface area contributed by atoms with E-state index < -0.39 is 0 Å². The van der Waals surface area contributed by atoms with Gasteiger partial charge in [-0.1, -0.05) is 6.07 Å². The van der Waals surface area contributed by atoms with Crippen LogP contribution in [0.15, 0.2) is 36.8 Å². The molecule has 2 aromatic rings. The van der Waals surface area contributed by atoms with Crippen molar-refractivity contribution in [1.82, 2.24) is 15.0 Å². The summed E-state index contributed by atoms with van der Waals surface area (Å²) in [6.45, 7) is 3.62. The highest BCUT2D eigenvalue weighted by molar-refractivity contribution is 5.91. The van der Waals surface area contributed by atoms with Crippen molar-refractivity contribution in [2.45, 2.75) is 19.8 Å². The largest absolute Gasteiger partial charge is 0.356 e. The van der Waals surface area contributed by atoms with Gasteiger partial charge in [0.05, 0.1) is 0 Å². The first-order chi connectivity index (χ1) is 10.7. The maximum absolute atomic E-state index is 12.3. The highest BCUT2D eigenvalue weighted by Gasteiger charge is 2.25. The number of amides is 1. The SMILES string of the molecule is Cc1cc(N2CCC(C(=O)Nc3ccccn3)CC2)ncn1. The number of carbonyl (C=O) groups is 1. The average molecular weight is 297 g/mol. The van der Waals surface area contributed by atoms with Gasteiger partial charge in [-0.2, -0.15) is 0 Å². The van der Waals surface area contributed by atoms with E-state index in [0.29, 0.717) is 5.82 Å². The Morgan fingerprint density at radius 2 is 2.05 bits per heavy atom. The van der Waals surface area contributed by atoms with Crippen LogP contribution in [0.5, 0.6) is 0 Å². The van der Waals surface area contributed by atoms with E-state index in [1.807, 2.05) is 25.1 Å². The average Bonchev–Trinajstić information content (AvgIpc) is 2.56. The van der Waals surface area contributed by atoms with E-state index in [-0.39, 0.29) is 11.8 Å². The minimum atomic E-state index is 0.0289. The van der Waals surface area contributed by atoms with Gasteiger partial charge in [-0.25, -0.2) is 15.0 Å². The van der Waals surface area contributed by atoms with Crippen LogP contribution in [0.4, 0.5) is 11.6 Å². The molecule has 0 atom stereocenters. The zero-order valence-corrected chi connectivity index (χ0v) is 12.6. The molecule has 1 fully saturated rings. The van der Waals surface area contributed by atoms with E-state index in [4.69, 9.17) is 0 Å². The molecule has 0 saturated carbocycles. The molecule has 3 rings (SSSR count). The normalized spacial score (nSPS) is 15.6. The van der Waals surface area contributed by atoms with E-state index >= 15 is 0 Å². The molecule has 0 radical (unpaired) electrons. The van der Waals surface area contributed by atoms with Crippen LogP contribution in [0.1, 0.15) is 18.5 Å². The lowest BCUT2D eigenvalue weighted by Crippen LogP contribution is -2.38. The van der Waals surface area contributed by atoms with Crippen molar-refractivity contribution in [1.29, 1.82) is 0 Å². The lowest BCUT2D eigenvalue weighted by molar-refractivity contribution is -0.120. The summed E-state index contributed by atoms with van der Waals surface area (Å²) in [6, 6.07) is 7.48. The Bertz CT molecular complexity index is 638. The third kappa shape index (κ3) is 3.39. The third-order valence-electron chi connectivity index (χ3n) is 3.90. The van der Waals surface area contributed by atoms with Crippen LogP contribution >= 0.6 is 0 Å². The van der Waals surface area contributed by atoms with Gasteiger partial charge in [0.1, 0.15) is 18.0 Å². The number of hydrogen-bond acceptors (Lipinski definition) is 5. The summed E-state index contributed by atoms with van der Waals surface area (Å²) in [5.41, 5.74) is 0.958. The van der Waals surface area contributed by atoms with Crippen molar-refractivity contribution in [2.24, 2.45) is 5.92 Å². The minimum Gasteiger partial charge on any atom is -0.356 e. The molecule has 1 amide bonds. The second-order valence-corrected chi connectivity index (χ2v) is 5.48. The van der Waals surface area contributed by atoms with Gasteiger partial charge in [0.15, 0.2) is 0 Å². The van der Waals surface area contributed by atoms with Crippen molar-refractivity contribution in [2.75, 3.05) is 23.3 Å². The molecule has 1 aliphatic heterocycles. The molecule has 114 valence electrons. The van der Waals surface area contributed by atoms with Crippen molar-refractivity contribution in [3.63, 3.8) is 0 Å². The predicted molar refractivity (Wildman–Crippen MR) is 84.6 cm³/mol. The maximum atomic E-state index is 12.3. The fourth-order valence-electron chi connectivity index (χ4n) is 2.65. The molecule has 6 nitrogen and oxygen atoms in total. The van der Waals surface area contributed by atoms with Crippen LogP contribution in [0, 0.1) is 12.8 Å². The van der Waals surface area contributed by atoms with Gasteiger partial charge in [-0.05, 0) is 31.9 Å². The zero-order chi connectivity index (χ0) is 15.4. The molecule has 1 aliphatic rings. The first-order valence-corrected chi connectivity index (χ1v) is 7.48. The van der Waals surface area contributed by atoms with Crippen LogP contribution in [-0.4, -0.2) is 33.9 Å². The van der Waals surface area contributed by atoms with E-state index in [0.717, 1.165) is 37.4 Å². The standard InChI is InChI=1S/C16H19N5O/c1-12-10-15(19-11-18-12)21-8-5-13(6-9-21)16(22)20-14-4-2-3-7-17-14/h2-4,7,10-11,13H,5-6,8-9H2,1H3,(H,17,20,22). The molecule has 0 bridgehead atoms. The number of piperidine rings is 1. The number of hydrogen-bond donors (Lipinski definition) is 1. The number of rotatable bonds is 3. The fourth-order valence-corrected chi connectivity index (χ4v) is 2.65. The molecule has 3 heterocycles. The van der Waals surface area contributed by atoms with Gasteiger partial charge in [-0.3, -0.25) is 4.79 Å². The van der Waals surface area contributed by atoms with E-state index in [1.54, 1.807) is 18.6 Å². The molecule has 2 aromatic heterocycles. The smallest absolute Gasteiger partial charge is 0.228 e. The number of carbonyl (C=O) groups excluding carboxylic acids is 1. The Hall–Kier alpha value is -2.50. The number of pyridine rings is 1. The van der Waals surface area contributed by atoms with Crippen LogP contribution in [-0.2, 0) is 4.79 Å². The van der Waals surface area contributed by atoms with Crippen LogP contribution in [0.3, 0.4) is 0 Å². The lowest BCUT2D eigenvalue weighted by Gasteiger charge is -2.32. The first-order valence-electron chi connectivity index (χ1n) is 7.48. The quantitative estimate of drug-likeness (QED) is 0.938. The summed E-state index contributed by atoms with van der Waals surface area (Å²) in [5.74, 6) is 1.64. The van der Waals surface area contributed by atoms with Gasteiger partial charge in [0.25, 0.3) is 0 Å². The molecule has 0 unspecified atom stereocenters. The highest BCUT2D eigenvalue weighted by Crippen LogP contribution is 2.22. The molecular formula is C16H19N5O. The summed E-state index contributed by atoms with van der Waals surface area (Å²) in [7, 11) is 0. The number of aromatic nitrogens is 3.